The Bertz CT molecular complexity index is 731. The minimum Gasteiger partial charge on any atom is -0.497 e. The van der Waals surface area contributed by atoms with Gasteiger partial charge in [0.1, 0.15) is 17.4 Å². The van der Waals surface area contributed by atoms with E-state index < -0.39 is 0 Å². The van der Waals surface area contributed by atoms with Gasteiger partial charge in [-0.05, 0) is 37.6 Å². The summed E-state index contributed by atoms with van der Waals surface area (Å²) in [7, 11) is 5.44. The lowest BCUT2D eigenvalue weighted by Crippen LogP contribution is -2.29. The van der Waals surface area contributed by atoms with Gasteiger partial charge in [0, 0.05) is 31.5 Å². The highest BCUT2D eigenvalue weighted by atomic mass is 16.5. The fourth-order valence-corrected chi connectivity index (χ4v) is 2.15. The van der Waals surface area contributed by atoms with Gasteiger partial charge in [-0.3, -0.25) is 0 Å². The first-order valence-corrected chi connectivity index (χ1v) is 7.60. The molecule has 7 nitrogen and oxygen atoms in total. The van der Waals surface area contributed by atoms with E-state index >= 15 is 0 Å². The second-order valence-electron chi connectivity index (χ2n) is 5.67. The molecule has 1 heterocycles. The summed E-state index contributed by atoms with van der Waals surface area (Å²) in [6, 6.07) is 7.06. The number of ether oxygens (including phenoxy) is 1. The fraction of sp³-hybridized carbons (Fsp3) is 0.353. The molecule has 1 aromatic carbocycles. The molecule has 2 amide bonds. The number of carbonyl (C=O) groups excluding carboxylic acids is 1. The van der Waals surface area contributed by atoms with Gasteiger partial charge in [0.2, 0.25) is 0 Å². The number of nitrogens with zero attached hydrogens (tertiary/aromatic N) is 3. The predicted molar refractivity (Wildman–Crippen MR) is 94.7 cm³/mol. The third-order valence-corrected chi connectivity index (χ3v) is 3.43. The topological polar surface area (TPSA) is 79.4 Å². The third-order valence-electron chi connectivity index (χ3n) is 3.43. The van der Waals surface area contributed by atoms with Crippen LogP contribution in [0.15, 0.2) is 24.3 Å². The molecule has 128 valence electrons. The van der Waals surface area contributed by atoms with Crippen LogP contribution in [0.4, 0.5) is 16.3 Å². The molecule has 2 aromatic rings. The Morgan fingerprint density at radius 1 is 1.21 bits per heavy atom. The quantitative estimate of drug-likeness (QED) is 0.881. The average Bonchev–Trinajstić information content (AvgIpc) is 2.54. The zero-order valence-corrected chi connectivity index (χ0v) is 14.7. The average molecular weight is 329 g/mol. The molecule has 0 fully saturated rings. The molecular formula is C17H23N5O2. The molecule has 0 atom stereocenters. The summed E-state index contributed by atoms with van der Waals surface area (Å²) >= 11 is 0. The van der Waals surface area contributed by atoms with Crippen LogP contribution in [0.1, 0.15) is 17.1 Å². The largest absolute Gasteiger partial charge is 0.497 e. The normalized spacial score (nSPS) is 10.2. The summed E-state index contributed by atoms with van der Waals surface area (Å²) in [6.07, 6.45) is 0. The Kier molecular flexibility index (Phi) is 5.57. The predicted octanol–water partition coefficient (Wildman–Crippen LogP) is 2.49. The second kappa shape index (κ2) is 7.63. The SMILES string of the molecule is COc1ccc(NC(=O)NCc2nc(C)cc(N(C)C)n2)c(C)c1. The number of nitrogens with one attached hydrogen (secondary N) is 2. The van der Waals surface area contributed by atoms with Crippen molar-refractivity contribution in [1.29, 1.82) is 0 Å². The highest BCUT2D eigenvalue weighted by Gasteiger charge is 2.08. The maximum atomic E-state index is 12.1. The molecule has 0 saturated heterocycles. The lowest BCUT2D eigenvalue weighted by atomic mass is 10.2. The molecule has 0 bridgehead atoms. The van der Waals surface area contributed by atoms with E-state index in [1.165, 1.54) is 0 Å². The molecule has 0 spiro atoms. The first kappa shape index (κ1) is 17.5. The molecule has 24 heavy (non-hydrogen) atoms. The standard InChI is InChI=1S/C17H23N5O2/c1-11-8-13(24-5)6-7-14(11)20-17(23)18-10-15-19-12(2)9-16(21-15)22(3)4/h6-9H,10H2,1-5H3,(H2,18,20,23). The minimum absolute atomic E-state index is 0.254. The van der Waals surface area contributed by atoms with Crippen molar-refractivity contribution in [1.82, 2.24) is 15.3 Å². The van der Waals surface area contributed by atoms with Crippen molar-refractivity contribution >= 4 is 17.5 Å². The summed E-state index contributed by atoms with van der Waals surface area (Å²) in [5.74, 6) is 2.13. The number of rotatable bonds is 5. The van der Waals surface area contributed by atoms with Crippen LogP contribution in [-0.2, 0) is 6.54 Å². The summed E-state index contributed by atoms with van der Waals surface area (Å²) in [4.78, 5) is 22.7. The van der Waals surface area contributed by atoms with Gasteiger partial charge in [0.05, 0.1) is 13.7 Å². The monoisotopic (exact) mass is 329 g/mol. The first-order chi connectivity index (χ1) is 11.4. The molecule has 1 aromatic heterocycles. The van der Waals surface area contributed by atoms with Gasteiger partial charge in [0.15, 0.2) is 0 Å². The van der Waals surface area contributed by atoms with E-state index in [1.807, 2.05) is 45.0 Å². The molecule has 0 aliphatic carbocycles. The molecule has 2 N–H and O–H groups in total. The van der Waals surface area contributed by atoms with Crippen LogP contribution in [0.3, 0.4) is 0 Å². The second-order valence-corrected chi connectivity index (χ2v) is 5.67. The number of anilines is 2. The molecule has 0 radical (unpaired) electrons. The molecule has 7 heteroatoms. The number of hydrogen-bond donors (Lipinski definition) is 2. The van der Waals surface area contributed by atoms with Crippen LogP contribution in [-0.4, -0.2) is 37.2 Å². The lowest BCUT2D eigenvalue weighted by Gasteiger charge is -2.14. The summed E-state index contributed by atoms with van der Waals surface area (Å²) in [6.45, 7) is 4.06. The molecule has 0 saturated carbocycles. The van der Waals surface area contributed by atoms with E-state index in [4.69, 9.17) is 4.74 Å². The Morgan fingerprint density at radius 2 is 1.96 bits per heavy atom. The van der Waals surface area contributed by atoms with Gasteiger partial charge in [-0.2, -0.15) is 0 Å². The van der Waals surface area contributed by atoms with Crippen LogP contribution < -0.4 is 20.3 Å². The highest BCUT2D eigenvalue weighted by molar-refractivity contribution is 5.90. The number of amides is 2. The Balaban J connectivity index is 1.98. The highest BCUT2D eigenvalue weighted by Crippen LogP contribution is 2.20. The van der Waals surface area contributed by atoms with Gasteiger partial charge in [-0.15, -0.1) is 0 Å². The maximum Gasteiger partial charge on any atom is 0.319 e. The smallest absolute Gasteiger partial charge is 0.319 e. The van der Waals surface area contributed by atoms with Crippen molar-refractivity contribution < 1.29 is 9.53 Å². The van der Waals surface area contributed by atoms with Gasteiger partial charge < -0.3 is 20.3 Å². The van der Waals surface area contributed by atoms with E-state index in [-0.39, 0.29) is 12.6 Å². The lowest BCUT2D eigenvalue weighted by molar-refractivity contribution is 0.251. The van der Waals surface area contributed by atoms with Crippen molar-refractivity contribution in [2.75, 3.05) is 31.4 Å². The summed E-state index contributed by atoms with van der Waals surface area (Å²) in [5.41, 5.74) is 2.51. The Morgan fingerprint density at radius 3 is 2.58 bits per heavy atom. The van der Waals surface area contributed by atoms with E-state index in [0.29, 0.717) is 5.82 Å². The number of carbonyl (C=O) groups is 1. The maximum absolute atomic E-state index is 12.1. The molecule has 0 aliphatic rings. The van der Waals surface area contributed by atoms with Crippen molar-refractivity contribution in [2.24, 2.45) is 0 Å². The zero-order valence-electron chi connectivity index (χ0n) is 14.7. The summed E-state index contributed by atoms with van der Waals surface area (Å²) in [5, 5.41) is 5.58. The number of hydrogen-bond acceptors (Lipinski definition) is 5. The number of aromatic nitrogens is 2. The van der Waals surface area contributed by atoms with Crippen LogP contribution in [0.5, 0.6) is 5.75 Å². The van der Waals surface area contributed by atoms with E-state index in [1.54, 1.807) is 19.2 Å². The van der Waals surface area contributed by atoms with E-state index in [9.17, 15) is 4.79 Å². The number of benzene rings is 1. The van der Waals surface area contributed by atoms with Crippen molar-refractivity contribution in [3.8, 4) is 5.75 Å². The van der Waals surface area contributed by atoms with Gasteiger partial charge >= 0.3 is 6.03 Å². The van der Waals surface area contributed by atoms with E-state index in [2.05, 4.69) is 20.6 Å². The number of aryl methyl sites for hydroxylation is 2. The van der Waals surface area contributed by atoms with Crippen molar-refractivity contribution in [2.45, 2.75) is 20.4 Å². The Hall–Kier alpha value is -2.83. The molecule has 0 aliphatic heterocycles. The summed E-state index contributed by atoms with van der Waals surface area (Å²) < 4.78 is 5.15. The molecule has 2 rings (SSSR count). The van der Waals surface area contributed by atoms with Crippen LogP contribution in [0.2, 0.25) is 0 Å². The first-order valence-electron chi connectivity index (χ1n) is 7.60. The van der Waals surface area contributed by atoms with Crippen molar-refractivity contribution in [3.63, 3.8) is 0 Å². The molecular weight excluding hydrogens is 306 g/mol. The Labute approximate surface area is 142 Å². The third kappa shape index (κ3) is 4.58. The number of urea groups is 1. The van der Waals surface area contributed by atoms with Gasteiger partial charge in [-0.25, -0.2) is 14.8 Å². The zero-order chi connectivity index (χ0) is 17.7. The molecule has 0 unspecified atom stereocenters. The van der Waals surface area contributed by atoms with Crippen LogP contribution >= 0.6 is 0 Å². The fourth-order valence-electron chi connectivity index (χ4n) is 2.15. The van der Waals surface area contributed by atoms with Crippen LogP contribution in [0.25, 0.3) is 0 Å². The minimum atomic E-state index is -0.306. The van der Waals surface area contributed by atoms with Gasteiger partial charge in [0.25, 0.3) is 0 Å². The number of methoxy groups -OCH3 is 1. The van der Waals surface area contributed by atoms with Crippen LogP contribution in [0, 0.1) is 13.8 Å². The van der Waals surface area contributed by atoms with E-state index in [0.717, 1.165) is 28.5 Å². The van der Waals surface area contributed by atoms with Crippen molar-refractivity contribution in [3.05, 3.63) is 41.3 Å². The van der Waals surface area contributed by atoms with Gasteiger partial charge in [-0.1, -0.05) is 0 Å².